The molecule has 1 atom stereocenters. The Labute approximate surface area is 81.4 Å². The Morgan fingerprint density at radius 2 is 2.23 bits per heavy atom. The van der Waals surface area contributed by atoms with Crippen LogP contribution in [0.1, 0.15) is 13.8 Å². The van der Waals surface area contributed by atoms with Crippen LogP contribution in [-0.4, -0.2) is 28.8 Å². The number of aliphatic carboxylic acids is 1. The molecule has 0 aliphatic heterocycles. The number of carbonyl (C=O) groups excluding carboxylic acids is 1. The van der Waals surface area contributed by atoms with E-state index in [1.165, 1.54) is 18.7 Å². The first-order chi connectivity index (χ1) is 6.07. The van der Waals surface area contributed by atoms with Gasteiger partial charge in [-0.1, -0.05) is 6.08 Å². The van der Waals surface area contributed by atoms with Crippen molar-refractivity contribution >= 4 is 23.6 Å². The summed E-state index contributed by atoms with van der Waals surface area (Å²) in [7, 11) is 0. The monoisotopic (exact) mass is 203 g/mol. The first kappa shape index (κ1) is 12.0. The summed E-state index contributed by atoms with van der Waals surface area (Å²) in [5, 5.41) is 12.8. The molecule has 0 fully saturated rings. The molecule has 74 valence electrons. The molecule has 0 spiro atoms. The molecule has 13 heavy (non-hydrogen) atoms. The standard InChI is InChI=1S/C8H13NO3S/c1-3-4-13-5-7(8(11)12)9-6(2)10/h3-4,7H,5H2,1-2H3,(H,9,10)(H,11,12). The van der Waals surface area contributed by atoms with E-state index in [4.69, 9.17) is 5.11 Å². The van der Waals surface area contributed by atoms with Crippen molar-refractivity contribution in [1.82, 2.24) is 5.32 Å². The highest BCUT2D eigenvalue weighted by atomic mass is 32.2. The van der Waals surface area contributed by atoms with Crippen LogP contribution in [0, 0.1) is 0 Å². The van der Waals surface area contributed by atoms with Crippen molar-refractivity contribution in [2.75, 3.05) is 5.75 Å². The van der Waals surface area contributed by atoms with Crippen molar-refractivity contribution < 1.29 is 14.7 Å². The van der Waals surface area contributed by atoms with Gasteiger partial charge in [0, 0.05) is 12.7 Å². The predicted molar refractivity (Wildman–Crippen MR) is 52.5 cm³/mol. The Kier molecular flexibility index (Phi) is 6.05. The zero-order chi connectivity index (χ0) is 10.3. The van der Waals surface area contributed by atoms with Crippen LogP contribution in [-0.2, 0) is 9.59 Å². The molecule has 5 heteroatoms. The van der Waals surface area contributed by atoms with Gasteiger partial charge in [-0.15, -0.1) is 11.8 Å². The summed E-state index contributed by atoms with van der Waals surface area (Å²) in [5.41, 5.74) is 0. The molecule has 0 aromatic carbocycles. The molecule has 0 aliphatic rings. The topological polar surface area (TPSA) is 66.4 Å². The SMILES string of the molecule is CC=CSCC(NC(C)=O)C(=O)O. The highest BCUT2D eigenvalue weighted by molar-refractivity contribution is 8.02. The molecule has 2 N–H and O–H groups in total. The Hall–Kier alpha value is -0.970. The van der Waals surface area contributed by atoms with Gasteiger partial charge in [0.05, 0.1) is 0 Å². The molecule has 0 rings (SSSR count). The third-order valence-electron chi connectivity index (χ3n) is 1.17. The summed E-state index contributed by atoms with van der Waals surface area (Å²) in [6.07, 6.45) is 1.82. The number of hydrogen-bond donors (Lipinski definition) is 2. The van der Waals surface area contributed by atoms with E-state index in [1.54, 1.807) is 5.41 Å². The van der Waals surface area contributed by atoms with E-state index < -0.39 is 12.0 Å². The molecule has 0 saturated heterocycles. The molecule has 0 aliphatic carbocycles. The zero-order valence-electron chi connectivity index (χ0n) is 7.61. The molecule has 1 amide bonds. The number of nitrogens with one attached hydrogen (secondary N) is 1. The van der Waals surface area contributed by atoms with E-state index in [-0.39, 0.29) is 5.91 Å². The summed E-state index contributed by atoms with van der Waals surface area (Å²) >= 11 is 1.36. The molecule has 0 heterocycles. The minimum atomic E-state index is -1.01. The van der Waals surface area contributed by atoms with E-state index in [9.17, 15) is 9.59 Å². The highest BCUT2D eigenvalue weighted by Crippen LogP contribution is 2.04. The molecule has 1 unspecified atom stereocenters. The quantitative estimate of drug-likeness (QED) is 0.695. The molecule has 0 radical (unpaired) electrons. The van der Waals surface area contributed by atoms with E-state index >= 15 is 0 Å². The van der Waals surface area contributed by atoms with Crippen LogP contribution in [0.25, 0.3) is 0 Å². The van der Waals surface area contributed by atoms with Gasteiger partial charge in [0.2, 0.25) is 5.91 Å². The minimum Gasteiger partial charge on any atom is -0.480 e. The van der Waals surface area contributed by atoms with E-state index in [2.05, 4.69) is 5.32 Å². The van der Waals surface area contributed by atoms with E-state index in [1.807, 2.05) is 13.0 Å². The molecule has 0 aromatic heterocycles. The van der Waals surface area contributed by atoms with Crippen LogP contribution >= 0.6 is 11.8 Å². The Bertz CT molecular complexity index is 215. The fourth-order valence-electron chi connectivity index (χ4n) is 0.668. The summed E-state index contributed by atoms with van der Waals surface area (Å²) in [5.74, 6) is -0.986. The predicted octanol–water partition coefficient (Wildman–Crippen LogP) is 0.843. The zero-order valence-corrected chi connectivity index (χ0v) is 8.43. The van der Waals surface area contributed by atoms with Crippen LogP contribution in [0.5, 0.6) is 0 Å². The second-order valence-electron chi connectivity index (χ2n) is 2.39. The van der Waals surface area contributed by atoms with Crippen molar-refractivity contribution in [3.63, 3.8) is 0 Å². The maximum Gasteiger partial charge on any atom is 0.327 e. The Morgan fingerprint density at radius 3 is 2.62 bits per heavy atom. The largest absolute Gasteiger partial charge is 0.480 e. The van der Waals surface area contributed by atoms with Crippen molar-refractivity contribution in [3.05, 3.63) is 11.5 Å². The molecule has 4 nitrogen and oxygen atoms in total. The molecule has 0 saturated carbocycles. The van der Waals surface area contributed by atoms with Crippen LogP contribution in [0.3, 0.4) is 0 Å². The number of carboxylic acids is 1. The Balaban J connectivity index is 3.95. The second kappa shape index (κ2) is 6.54. The third-order valence-corrected chi connectivity index (χ3v) is 2.16. The molecular formula is C8H13NO3S. The first-order valence-electron chi connectivity index (χ1n) is 3.80. The van der Waals surface area contributed by atoms with Gasteiger partial charge < -0.3 is 10.4 Å². The number of allylic oxidation sites excluding steroid dienone is 1. The van der Waals surface area contributed by atoms with Gasteiger partial charge in [0.15, 0.2) is 0 Å². The van der Waals surface area contributed by atoms with E-state index in [0.717, 1.165) is 0 Å². The number of amides is 1. The first-order valence-corrected chi connectivity index (χ1v) is 4.85. The van der Waals surface area contributed by atoms with Gasteiger partial charge in [-0.25, -0.2) is 4.79 Å². The maximum atomic E-state index is 10.6. The van der Waals surface area contributed by atoms with Crippen molar-refractivity contribution in [2.45, 2.75) is 19.9 Å². The van der Waals surface area contributed by atoms with Gasteiger partial charge in [-0.2, -0.15) is 0 Å². The van der Waals surface area contributed by atoms with Crippen LogP contribution in [0.15, 0.2) is 11.5 Å². The van der Waals surface area contributed by atoms with E-state index in [0.29, 0.717) is 5.75 Å². The van der Waals surface area contributed by atoms with Crippen LogP contribution in [0.4, 0.5) is 0 Å². The highest BCUT2D eigenvalue weighted by Gasteiger charge is 2.17. The summed E-state index contributed by atoms with van der Waals surface area (Å²) in [6, 6.07) is -0.807. The van der Waals surface area contributed by atoms with Crippen molar-refractivity contribution in [3.8, 4) is 0 Å². The van der Waals surface area contributed by atoms with Gasteiger partial charge >= 0.3 is 5.97 Å². The van der Waals surface area contributed by atoms with Crippen LogP contribution < -0.4 is 5.32 Å². The number of hydrogen-bond acceptors (Lipinski definition) is 3. The number of carbonyl (C=O) groups is 2. The third kappa shape index (κ3) is 6.21. The average molecular weight is 203 g/mol. The fraction of sp³-hybridized carbons (Fsp3) is 0.500. The normalized spacial score (nSPS) is 12.8. The van der Waals surface area contributed by atoms with Gasteiger partial charge in [-0.3, -0.25) is 4.79 Å². The van der Waals surface area contributed by atoms with Crippen molar-refractivity contribution in [1.29, 1.82) is 0 Å². The lowest BCUT2D eigenvalue weighted by molar-refractivity contribution is -0.140. The maximum absolute atomic E-state index is 10.6. The summed E-state index contributed by atoms with van der Waals surface area (Å²) < 4.78 is 0. The van der Waals surface area contributed by atoms with Gasteiger partial charge in [0.1, 0.15) is 6.04 Å². The summed E-state index contributed by atoms with van der Waals surface area (Å²) in [6.45, 7) is 3.15. The van der Waals surface area contributed by atoms with Crippen LogP contribution in [0.2, 0.25) is 0 Å². The average Bonchev–Trinajstić information content (AvgIpc) is 2.02. The Morgan fingerprint density at radius 1 is 1.62 bits per heavy atom. The second-order valence-corrected chi connectivity index (χ2v) is 3.33. The smallest absolute Gasteiger partial charge is 0.327 e. The van der Waals surface area contributed by atoms with Gasteiger partial charge in [0.25, 0.3) is 0 Å². The summed E-state index contributed by atoms with van der Waals surface area (Å²) in [4.78, 5) is 21.2. The molecule has 0 bridgehead atoms. The van der Waals surface area contributed by atoms with Crippen molar-refractivity contribution in [2.24, 2.45) is 0 Å². The number of carboxylic acid groups (broad SMARTS) is 1. The fourth-order valence-corrected chi connectivity index (χ4v) is 1.39. The number of thioether (sulfide) groups is 1. The molecular weight excluding hydrogens is 190 g/mol. The minimum absolute atomic E-state index is 0.325. The lowest BCUT2D eigenvalue weighted by atomic mass is 10.3. The molecule has 0 aromatic rings. The van der Waals surface area contributed by atoms with Gasteiger partial charge in [-0.05, 0) is 12.3 Å². The number of rotatable bonds is 5. The lowest BCUT2D eigenvalue weighted by Crippen LogP contribution is -2.41. The lowest BCUT2D eigenvalue weighted by Gasteiger charge is -2.10.